The van der Waals surface area contributed by atoms with E-state index in [1.54, 1.807) is 0 Å². The summed E-state index contributed by atoms with van der Waals surface area (Å²) in [6.07, 6.45) is -0.331. The fourth-order valence-electron chi connectivity index (χ4n) is 0.928. The van der Waals surface area contributed by atoms with E-state index in [0.717, 1.165) is 0 Å². The van der Waals surface area contributed by atoms with Crippen molar-refractivity contribution in [2.75, 3.05) is 26.3 Å². The molecule has 5 heteroatoms. The van der Waals surface area contributed by atoms with E-state index in [1.165, 1.54) is 11.8 Å². The van der Waals surface area contributed by atoms with Crippen LogP contribution < -0.4 is 0 Å². The lowest BCUT2D eigenvalue weighted by Crippen LogP contribution is -2.28. The minimum absolute atomic E-state index is 0.241. The summed E-state index contributed by atoms with van der Waals surface area (Å²) in [5.74, 6) is -0.331. The first-order chi connectivity index (χ1) is 5.70. The van der Waals surface area contributed by atoms with Crippen molar-refractivity contribution in [3.63, 3.8) is 0 Å². The average Bonchev–Trinajstić information content (AvgIpc) is 2.36. The van der Waals surface area contributed by atoms with Gasteiger partial charge in [-0.3, -0.25) is 4.79 Å². The number of hydrogen-bond acceptors (Lipinski definition) is 4. The molecule has 0 aromatic heterocycles. The molecular formula is C7H11NO4. The molecule has 1 fully saturated rings. The molecule has 5 nitrogen and oxygen atoms in total. The molecule has 1 aliphatic rings. The molecule has 0 N–H and O–H groups in total. The number of carbonyl (C=O) groups excluding carboxylic acids is 2. The van der Waals surface area contributed by atoms with Gasteiger partial charge in [-0.1, -0.05) is 0 Å². The first-order valence-corrected chi connectivity index (χ1v) is 3.75. The lowest BCUT2D eigenvalue weighted by atomic mass is 10.5. The number of nitrogens with zero attached hydrogens (tertiary/aromatic N) is 1. The molecule has 1 heterocycles. The van der Waals surface area contributed by atoms with Crippen LogP contribution in [0.2, 0.25) is 0 Å². The summed E-state index contributed by atoms with van der Waals surface area (Å²) >= 11 is 0. The van der Waals surface area contributed by atoms with E-state index in [2.05, 4.69) is 9.47 Å². The Morgan fingerprint density at radius 1 is 1.75 bits per heavy atom. The van der Waals surface area contributed by atoms with Gasteiger partial charge in [0.15, 0.2) is 0 Å². The third kappa shape index (κ3) is 2.41. The molecule has 1 saturated heterocycles. The normalized spacial score (nSPS) is 16.1. The molecule has 0 atom stereocenters. The van der Waals surface area contributed by atoms with Crippen molar-refractivity contribution in [3.8, 4) is 0 Å². The number of cyclic esters (lactones) is 1. The van der Waals surface area contributed by atoms with Gasteiger partial charge in [-0.25, -0.2) is 4.79 Å². The van der Waals surface area contributed by atoms with Gasteiger partial charge in [0.1, 0.15) is 13.2 Å². The second kappa shape index (κ2) is 3.94. The van der Waals surface area contributed by atoms with Crippen molar-refractivity contribution >= 4 is 12.1 Å². The zero-order valence-corrected chi connectivity index (χ0v) is 6.91. The Bertz CT molecular complexity index is 192. The Hall–Kier alpha value is -1.26. The molecular weight excluding hydrogens is 162 g/mol. The summed E-state index contributed by atoms with van der Waals surface area (Å²) in [5, 5.41) is 0. The summed E-state index contributed by atoms with van der Waals surface area (Å²) in [4.78, 5) is 22.7. The minimum atomic E-state index is -0.331. The van der Waals surface area contributed by atoms with Gasteiger partial charge in [0.05, 0.1) is 13.1 Å². The molecule has 0 bridgehead atoms. The standard InChI is InChI=1S/C7H11NO4/c1-6(9)11-4-2-8-3-5-12-7(8)10/h2-5H2,1H3. The Balaban J connectivity index is 2.14. The fraction of sp³-hybridized carbons (Fsp3) is 0.714. The van der Waals surface area contributed by atoms with Gasteiger partial charge in [0.25, 0.3) is 0 Å². The van der Waals surface area contributed by atoms with Crippen molar-refractivity contribution < 1.29 is 19.1 Å². The molecule has 0 spiro atoms. The minimum Gasteiger partial charge on any atom is -0.464 e. The Morgan fingerprint density at radius 2 is 2.50 bits per heavy atom. The van der Waals surface area contributed by atoms with Crippen LogP contribution in [-0.4, -0.2) is 43.3 Å². The molecule has 0 aliphatic carbocycles. The van der Waals surface area contributed by atoms with Crippen LogP contribution in [0, 0.1) is 0 Å². The molecule has 12 heavy (non-hydrogen) atoms. The highest BCUT2D eigenvalue weighted by Gasteiger charge is 2.21. The van der Waals surface area contributed by atoms with Gasteiger partial charge in [-0.2, -0.15) is 0 Å². The van der Waals surface area contributed by atoms with Crippen LogP contribution in [0.25, 0.3) is 0 Å². The monoisotopic (exact) mass is 173 g/mol. The quantitative estimate of drug-likeness (QED) is 0.564. The molecule has 0 radical (unpaired) electrons. The lowest BCUT2D eigenvalue weighted by molar-refractivity contribution is -0.141. The van der Waals surface area contributed by atoms with Crippen LogP contribution in [0.4, 0.5) is 4.79 Å². The van der Waals surface area contributed by atoms with Gasteiger partial charge in [-0.15, -0.1) is 0 Å². The molecule has 0 aromatic carbocycles. The highest BCUT2D eigenvalue weighted by molar-refractivity contribution is 5.69. The maximum Gasteiger partial charge on any atom is 0.410 e. The number of ether oxygens (including phenoxy) is 2. The number of carbonyl (C=O) groups is 2. The Morgan fingerprint density at radius 3 is 3.00 bits per heavy atom. The summed E-state index contributed by atoms with van der Waals surface area (Å²) in [6.45, 7) is 3.00. The topological polar surface area (TPSA) is 55.8 Å². The van der Waals surface area contributed by atoms with Gasteiger partial charge in [0.2, 0.25) is 0 Å². The van der Waals surface area contributed by atoms with Crippen LogP contribution in [-0.2, 0) is 14.3 Å². The largest absolute Gasteiger partial charge is 0.464 e. The highest BCUT2D eigenvalue weighted by Crippen LogP contribution is 2.01. The Labute approximate surface area is 70.2 Å². The Kier molecular flexibility index (Phi) is 2.90. The molecule has 68 valence electrons. The van der Waals surface area contributed by atoms with E-state index in [1.807, 2.05) is 0 Å². The van der Waals surface area contributed by atoms with Gasteiger partial charge in [-0.05, 0) is 0 Å². The number of rotatable bonds is 3. The SMILES string of the molecule is CC(=O)OCCN1CCOC1=O. The van der Waals surface area contributed by atoms with E-state index in [-0.39, 0.29) is 18.7 Å². The molecule has 1 amide bonds. The summed E-state index contributed by atoms with van der Waals surface area (Å²) < 4.78 is 9.33. The molecule has 1 rings (SSSR count). The highest BCUT2D eigenvalue weighted by atomic mass is 16.6. The summed E-state index contributed by atoms with van der Waals surface area (Å²) in [7, 11) is 0. The molecule has 0 unspecified atom stereocenters. The van der Waals surface area contributed by atoms with Crippen LogP contribution >= 0.6 is 0 Å². The lowest BCUT2D eigenvalue weighted by Gasteiger charge is -2.11. The van der Waals surface area contributed by atoms with Crippen molar-refractivity contribution in [3.05, 3.63) is 0 Å². The van der Waals surface area contributed by atoms with Gasteiger partial charge >= 0.3 is 12.1 Å². The van der Waals surface area contributed by atoms with Crippen LogP contribution in [0.15, 0.2) is 0 Å². The predicted octanol–water partition coefficient (Wildman–Crippen LogP) is 0.00170. The number of esters is 1. The smallest absolute Gasteiger partial charge is 0.410 e. The van der Waals surface area contributed by atoms with Crippen molar-refractivity contribution in [1.82, 2.24) is 4.90 Å². The summed E-state index contributed by atoms with van der Waals surface area (Å²) in [5.41, 5.74) is 0. The third-order valence-electron chi connectivity index (χ3n) is 1.51. The van der Waals surface area contributed by atoms with Crippen molar-refractivity contribution in [1.29, 1.82) is 0 Å². The molecule has 0 aromatic rings. The van der Waals surface area contributed by atoms with E-state index in [0.29, 0.717) is 19.7 Å². The van der Waals surface area contributed by atoms with E-state index >= 15 is 0 Å². The van der Waals surface area contributed by atoms with E-state index < -0.39 is 0 Å². The second-order valence-corrected chi connectivity index (χ2v) is 2.44. The molecule has 1 aliphatic heterocycles. The maximum atomic E-state index is 10.8. The van der Waals surface area contributed by atoms with Gasteiger partial charge in [0, 0.05) is 6.92 Å². The van der Waals surface area contributed by atoms with Crippen molar-refractivity contribution in [2.45, 2.75) is 6.92 Å². The number of hydrogen-bond donors (Lipinski definition) is 0. The van der Waals surface area contributed by atoms with E-state index in [4.69, 9.17) is 0 Å². The maximum absolute atomic E-state index is 10.8. The average molecular weight is 173 g/mol. The van der Waals surface area contributed by atoms with Crippen LogP contribution in [0.1, 0.15) is 6.92 Å². The zero-order valence-electron chi connectivity index (χ0n) is 6.91. The second-order valence-electron chi connectivity index (χ2n) is 2.44. The first kappa shape index (κ1) is 8.83. The van der Waals surface area contributed by atoms with Crippen LogP contribution in [0.5, 0.6) is 0 Å². The predicted molar refractivity (Wildman–Crippen MR) is 39.6 cm³/mol. The summed E-state index contributed by atoms with van der Waals surface area (Å²) in [6, 6.07) is 0. The molecule has 0 saturated carbocycles. The third-order valence-corrected chi connectivity index (χ3v) is 1.51. The number of amides is 1. The zero-order chi connectivity index (χ0) is 8.97. The fourth-order valence-corrected chi connectivity index (χ4v) is 0.928. The van der Waals surface area contributed by atoms with Gasteiger partial charge < -0.3 is 14.4 Å². The van der Waals surface area contributed by atoms with Crippen LogP contribution in [0.3, 0.4) is 0 Å². The first-order valence-electron chi connectivity index (χ1n) is 3.75. The van der Waals surface area contributed by atoms with Crippen molar-refractivity contribution in [2.24, 2.45) is 0 Å². The van der Waals surface area contributed by atoms with E-state index in [9.17, 15) is 9.59 Å².